The molecule has 0 aromatic carbocycles. The maximum atomic E-state index is 9.73. The first-order valence-corrected chi connectivity index (χ1v) is 10.2. The summed E-state index contributed by atoms with van der Waals surface area (Å²) in [5, 5.41) is 9.73. The van der Waals surface area contributed by atoms with Crippen LogP contribution in [-0.2, 0) is 4.74 Å². The van der Waals surface area contributed by atoms with E-state index >= 15 is 0 Å². The standard InChI is InChI=1S/C20H40N2O2/c1-15(2)21-10-8-20(9-11-21)18(5)24-14-16(3)22-12-6-19(7-13-22)17(4)23/h15-20,23H,6-14H2,1-5H3/t16?,17?,18-/m0/s1. The summed E-state index contributed by atoms with van der Waals surface area (Å²) in [6.07, 6.45) is 4.99. The lowest BCUT2D eigenvalue weighted by Crippen LogP contribution is -2.45. The minimum Gasteiger partial charge on any atom is -0.393 e. The van der Waals surface area contributed by atoms with Crippen LogP contribution in [0.4, 0.5) is 0 Å². The fourth-order valence-corrected chi connectivity index (χ4v) is 4.28. The number of aliphatic hydroxyl groups is 1. The molecular formula is C20H40N2O2. The Kier molecular flexibility index (Phi) is 7.99. The third kappa shape index (κ3) is 5.69. The lowest BCUT2D eigenvalue weighted by Gasteiger charge is -2.39. The Labute approximate surface area is 149 Å². The van der Waals surface area contributed by atoms with Gasteiger partial charge in [-0.05, 0) is 98.3 Å². The minimum absolute atomic E-state index is 0.157. The van der Waals surface area contributed by atoms with Crippen molar-refractivity contribution in [3.05, 3.63) is 0 Å². The van der Waals surface area contributed by atoms with E-state index in [2.05, 4.69) is 37.5 Å². The van der Waals surface area contributed by atoms with Gasteiger partial charge < -0.3 is 14.7 Å². The number of hydrogen-bond acceptors (Lipinski definition) is 4. The van der Waals surface area contributed by atoms with Gasteiger partial charge in [0.15, 0.2) is 0 Å². The first kappa shape index (κ1) is 20.2. The lowest BCUT2D eigenvalue weighted by atomic mass is 9.91. The van der Waals surface area contributed by atoms with E-state index in [1.807, 2.05) is 6.92 Å². The molecule has 0 radical (unpaired) electrons. The number of piperidine rings is 2. The normalized spacial score (nSPS) is 26.6. The second-order valence-corrected chi connectivity index (χ2v) is 8.47. The predicted molar refractivity (Wildman–Crippen MR) is 100 cm³/mol. The Bertz CT molecular complexity index is 312. The molecule has 0 aliphatic carbocycles. The third-order valence-corrected chi connectivity index (χ3v) is 6.45. The van der Waals surface area contributed by atoms with Crippen molar-refractivity contribution < 1.29 is 9.84 Å². The van der Waals surface area contributed by atoms with Crippen LogP contribution in [0.3, 0.4) is 0 Å². The average molecular weight is 341 g/mol. The number of rotatable bonds is 7. The van der Waals surface area contributed by atoms with Crippen molar-refractivity contribution in [1.29, 1.82) is 0 Å². The van der Waals surface area contributed by atoms with Crippen LogP contribution in [0.1, 0.15) is 60.3 Å². The highest BCUT2D eigenvalue weighted by Crippen LogP contribution is 2.25. The van der Waals surface area contributed by atoms with E-state index in [1.165, 1.54) is 25.9 Å². The molecule has 0 aromatic rings. The van der Waals surface area contributed by atoms with E-state index in [0.717, 1.165) is 32.5 Å². The van der Waals surface area contributed by atoms with E-state index in [0.29, 0.717) is 30.0 Å². The fourth-order valence-electron chi connectivity index (χ4n) is 4.28. The van der Waals surface area contributed by atoms with Crippen LogP contribution >= 0.6 is 0 Å². The topological polar surface area (TPSA) is 35.9 Å². The van der Waals surface area contributed by atoms with Gasteiger partial charge in [-0.15, -0.1) is 0 Å². The molecule has 0 spiro atoms. The van der Waals surface area contributed by atoms with Crippen molar-refractivity contribution >= 4 is 0 Å². The lowest BCUT2D eigenvalue weighted by molar-refractivity contribution is -0.0329. The van der Waals surface area contributed by atoms with Gasteiger partial charge in [0.25, 0.3) is 0 Å². The summed E-state index contributed by atoms with van der Waals surface area (Å²) in [6, 6.07) is 1.16. The van der Waals surface area contributed by atoms with E-state index in [9.17, 15) is 5.11 Å². The summed E-state index contributed by atoms with van der Waals surface area (Å²) in [7, 11) is 0. The van der Waals surface area contributed by atoms with Crippen LogP contribution in [0.25, 0.3) is 0 Å². The predicted octanol–water partition coefficient (Wildman–Crippen LogP) is 2.99. The Hall–Kier alpha value is -0.160. The molecule has 4 heteroatoms. The maximum absolute atomic E-state index is 9.73. The highest BCUT2D eigenvalue weighted by molar-refractivity contribution is 4.80. The van der Waals surface area contributed by atoms with E-state index in [4.69, 9.17) is 4.74 Å². The molecule has 2 rings (SSSR count). The number of nitrogens with zero attached hydrogens (tertiary/aromatic N) is 2. The molecule has 2 fully saturated rings. The van der Waals surface area contributed by atoms with Crippen molar-refractivity contribution in [2.45, 2.75) is 84.6 Å². The molecule has 3 atom stereocenters. The summed E-state index contributed by atoms with van der Waals surface area (Å²) in [4.78, 5) is 5.12. The van der Waals surface area contributed by atoms with Crippen molar-refractivity contribution in [1.82, 2.24) is 9.80 Å². The van der Waals surface area contributed by atoms with Crippen LogP contribution in [0, 0.1) is 11.8 Å². The van der Waals surface area contributed by atoms with Crippen LogP contribution < -0.4 is 0 Å². The number of aliphatic hydroxyl groups excluding tert-OH is 1. The van der Waals surface area contributed by atoms with Crippen molar-refractivity contribution in [3.8, 4) is 0 Å². The summed E-state index contributed by atoms with van der Waals surface area (Å²) in [6.45, 7) is 16.5. The van der Waals surface area contributed by atoms with Crippen molar-refractivity contribution in [2.24, 2.45) is 11.8 Å². The molecule has 2 aliphatic rings. The first-order chi connectivity index (χ1) is 11.4. The quantitative estimate of drug-likeness (QED) is 0.773. The number of hydrogen-bond donors (Lipinski definition) is 1. The monoisotopic (exact) mass is 340 g/mol. The summed E-state index contributed by atoms with van der Waals surface area (Å²) < 4.78 is 6.26. The highest BCUT2D eigenvalue weighted by atomic mass is 16.5. The zero-order chi connectivity index (χ0) is 17.7. The van der Waals surface area contributed by atoms with Gasteiger partial charge in [0.1, 0.15) is 0 Å². The number of likely N-dealkylation sites (tertiary alicyclic amines) is 2. The van der Waals surface area contributed by atoms with Gasteiger partial charge in [-0.2, -0.15) is 0 Å². The summed E-state index contributed by atoms with van der Waals surface area (Å²) >= 11 is 0. The van der Waals surface area contributed by atoms with Gasteiger partial charge in [0.2, 0.25) is 0 Å². The molecule has 0 aromatic heterocycles. The first-order valence-electron chi connectivity index (χ1n) is 10.2. The molecule has 2 aliphatic heterocycles. The highest BCUT2D eigenvalue weighted by Gasteiger charge is 2.28. The van der Waals surface area contributed by atoms with Gasteiger partial charge in [0, 0.05) is 12.1 Å². The fraction of sp³-hybridized carbons (Fsp3) is 1.00. The second kappa shape index (κ2) is 9.51. The maximum Gasteiger partial charge on any atom is 0.0622 e. The van der Waals surface area contributed by atoms with Gasteiger partial charge in [-0.3, -0.25) is 4.90 Å². The SMILES string of the molecule is CC(O)C1CCN(C(C)CO[C@@H](C)C2CCN(C(C)C)CC2)CC1. The van der Waals surface area contributed by atoms with Crippen LogP contribution in [-0.4, -0.2) is 72.0 Å². The number of ether oxygens (including phenoxy) is 1. The van der Waals surface area contributed by atoms with Gasteiger partial charge in [-0.25, -0.2) is 0 Å². The Morgan fingerprint density at radius 2 is 1.33 bits per heavy atom. The largest absolute Gasteiger partial charge is 0.393 e. The van der Waals surface area contributed by atoms with E-state index in [-0.39, 0.29) is 6.10 Å². The molecule has 142 valence electrons. The summed E-state index contributed by atoms with van der Waals surface area (Å²) in [5.74, 6) is 1.20. The van der Waals surface area contributed by atoms with Crippen LogP contribution in [0.15, 0.2) is 0 Å². The Morgan fingerprint density at radius 1 is 0.833 bits per heavy atom. The molecule has 0 bridgehead atoms. The second-order valence-electron chi connectivity index (χ2n) is 8.47. The van der Waals surface area contributed by atoms with E-state index < -0.39 is 0 Å². The average Bonchev–Trinajstić information content (AvgIpc) is 2.59. The molecule has 2 heterocycles. The molecule has 2 unspecified atom stereocenters. The van der Waals surface area contributed by atoms with E-state index in [1.54, 1.807) is 0 Å². The molecule has 0 amide bonds. The minimum atomic E-state index is -0.157. The summed E-state index contributed by atoms with van der Waals surface area (Å²) in [5.41, 5.74) is 0. The Morgan fingerprint density at radius 3 is 1.83 bits per heavy atom. The Balaban J connectivity index is 1.66. The third-order valence-electron chi connectivity index (χ3n) is 6.45. The van der Waals surface area contributed by atoms with Gasteiger partial charge in [-0.1, -0.05) is 0 Å². The molecular weight excluding hydrogens is 300 g/mol. The van der Waals surface area contributed by atoms with Crippen LogP contribution in [0.5, 0.6) is 0 Å². The zero-order valence-corrected chi connectivity index (χ0v) is 16.6. The molecule has 24 heavy (non-hydrogen) atoms. The smallest absolute Gasteiger partial charge is 0.0622 e. The molecule has 1 N–H and O–H groups in total. The van der Waals surface area contributed by atoms with Crippen molar-refractivity contribution in [3.63, 3.8) is 0 Å². The van der Waals surface area contributed by atoms with Gasteiger partial charge >= 0.3 is 0 Å². The molecule has 2 saturated heterocycles. The van der Waals surface area contributed by atoms with Crippen molar-refractivity contribution in [2.75, 3.05) is 32.8 Å². The van der Waals surface area contributed by atoms with Gasteiger partial charge in [0.05, 0.1) is 18.8 Å². The van der Waals surface area contributed by atoms with Crippen LogP contribution in [0.2, 0.25) is 0 Å². The zero-order valence-electron chi connectivity index (χ0n) is 16.6. The molecule has 0 saturated carbocycles. The molecule has 4 nitrogen and oxygen atoms in total.